The maximum absolute atomic E-state index is 10.8. The van der Waals surface area contributed by atoms with Gasteiger partial charge in [-0.2, -0.15) is 0 Å². The van der Waals surface area contributed by atoms with E-state index in [-0.39, 0.29) is 0 Å². The molecule has 0 bridgehead atoms. The zero-order valence-electron chi connectivity index (χ0n) is 9.51. The van der Waals surface area contributed by atoms with Crippen molar-refractivity contribution in [2.75, 3.05) is 0 Å². The Bertz CT molecular complexity index is 566. The predicted molar refractivity (Wildman–Crippen MR) is 71.5 cm³/mol. The van der Waals surface area contributed by atoms with E-state index in [9.17, 15) is 4.79 Å². The Morgan fingerprint density at radius 1 is 1.11 bits per heavy atom. The number of aliphatic carboxylic acids is 1. The molecule has 0 unspecified atom stereocenters. The molecule has 1 atom stereocenters. The maximum atomic E-state index is 10.8. The predicted octanol–water partition coefficient (Wildman–Crippen LogP) is 3.09. The summed E-state index contributed by atoms with van der Waals surface area (Å²) < 4.78 is 0. The number of benzene rings is 2. The number of hydrogen-bond acceptors (Lipinski definition) is 2. The minimum atomic E-state index is -1.04. The molecule has 0 amide bonds. The monoisotopic (exact) mass is 261 g/mol. The van der Waals surface area contributed by atoms with E-state index >= 15 is 0 Å². The third kappa shape index (κ3) is 2.70. The summed E-state index contributed by atoms with van der Waals surface area (Å²) in [7, 11) is 0. The lowest BCUT2D eigenvalue weighted by Gasteiger charge is -2.08. The van der Waals surface area contributed by atoms with Crippen LogP contribution < -0.4 is 5.73 Å². The largest absolute Gasteiger partial charge is 0.480 e. The lowest BCUT2D eigenvalue weighted by atomic mass is 10.0. The molecule has 0 fully saturated rings. The number of carbonyl (C=O) groups is 1. The highest BCUT2D eigenvalue weighted by atomic mass is 35.5. The van der Waals surface area contributed by atoms with E-state index in [2.05, 4.69) is 0 Å². The fourth-order valence-electron chi connectivity index (χ4n) is 1.69. The Hall–Kier alpha value is -1.84. The van der Waals surface area contributed by atoms with Crippen LogP contribution in [0.25, 0.3) is 11.1 Å². The molecular weight excluding hydrogens is 250 g/mol. The Balaban J connectivity index is 2.30. The molecule has 4 heteroatoms. The third-order valence-electron chi connectivity index (χ3n) is 2.69. The van der Waals surface area contributed by atoms with Gasteiger partial charge in [0, 0.05) is 5.02 Å². The average molecular weight is 262 g/mol. The van der Waals surface area contributed by atoms with Crippen molar-refractivity contribution >= 4 is 17.6 Å². The van der Waals surface area contributed by atoms with E-state index in [0.717, 1.165) is 11.1 Å². The number of hydrogen-bond donors (Lipinski definition) is 2. The number of halogens is 1. The van der Waals surface area contributed by atoms with Gasteiger partial charge in [0.05, 0.1) is 0 Å². The molecule has 0 aliphatic carbocycles. The number of carboxylic acids is 1. The molecule has 18 heavy (non-hydrogen) atoms. The van der Waals surface area contributed by atoms with Gasteiger partial charge in [-0.3, -0.25) is 4.79 Å². The highest BCUT2D eigenvalue weighted by Crippen LogP contribution is 2.24. The van der Waals surface area contributed by atoms with Crippen molar-refractivity contribution in [1.29, 1.82) is 0 Å². The second-order valence-electron chi connectivity index (χ2n) is 3.95. The van der Waals surface area contributed by atoms with E-state index in [0.29, 0.717) is 10.6 Å². The van der Waals surface area contributed by atoms with Gasteiger partial charge in [0.15, 0.2) is 0 Å². The quantitative estimate of drug-likeness (QED) is 0.892. The van der Waals surface area contributed by atoms with Gasteiger partial charge < -0.3 is 10.8 Å². The van der Waals surface area contributed by atoms with Crippen molar-refractivity contribution in [1.82, 2.24) is 0 Å². The Kier molecular flexibility index (Phi) is 3.65. The lowest BCUT2D eigenvalue weighted by Crippen LogP contribution is -2.20. The molecule has 0 spiro atoms. The topological polar surface area (TPSA) is 63.3 Å². The third-order valence-corrected chi connectivity index (χ3v) is 2.93. The van der Waals surface area contributed by atoms with E-state index in [1.165, 1.54) is 0 Å². The van der Waals surface area contributed by atoms with Crippen LogP contribution >= 0.6 is 11.6 Å². The second-order valence-corrected chi connectivity index (χ2v) is 4.38. The van der Waals surface area contributed by atoms with Crippen LogP contribution in [0.1, 0.15) is 11.6 Å². The van der Waals surface area contributed by atoms with Gasteiger partial charge in [-0.25, -0.2) is 0 Å². The zero-order chi connectivity index (χ0) is 13.1. The first-order valence-electron chi connectivity index (χ1n) is 5.42. The van der Waals surface area contributed by atoms with Crippen molar-refractivity contribution in [3.8, 4) is 11.1 Å². The summed E-state index contributed by atoms with van der Waals surface area (Å²) in [6.07, 6.45) is 0. The smallest absolute Gasteiger partial charge is 0.325 e. The molecule has 3 N–H and O–H groups in total. The molecule has 0 radical (unpaired) electrons. The fraction of sp³-hybridized carbons (Fsp3) is 0.0714. The molecule has 0 aliphatic rings. The van der Waals surface area contributed by atoms with Gasteiger partial charge in [0.1, 0.15) is 6.04 Å². The van der Waals surface area contributed by atoms with E-state index in [1.54, 1.807) is 18.2 Å². The molecule has 0 aromatic heterocycles. The van der Waals surface area contributed by atoms with Crippen LogP contribution in [0.4, 0.5) is 0 Å². The van der Waals surface area contributed by atoms with Crippen LogP contribution in [-0.4, -0.2) is 11.1 Å². The first kappa shape index (κ1) is 12.6. The van der Waals surface area contributed by atoms with Crippen LogP contribution in [0.2, 0.25) is 5.02 Å². The van der Waals surface area contributed by atoms with Crippen molar-refractivity contribution in [3.05, 3.63) is 59.1 Å². The van der Waals surface area contributed by atoms with Gasteiger partial charge in [-0.15, -0.1) is 0 Å². The van der Waals surface area contributed by atoms with E-state index in [1.807, 2.05) is 30.3 Å². The number of carboxylic acid groups (broad SMARTS) is 1. The molecule has 2 aromatic rings. The maximum Gasteiger partial charge on any atom is 0.325 e. The Morgan fingerprint density at radius 2 is 1.78 bits per heavy atom. The van der Waals surface area contributed by atoms with Crippen LogP contribution in [0.3, 0.4) is 0 Å². The normalized spacial score (nSPS) is 12.1. The highest BCUT2D eigenvalue weighted by Gasteiger charge is 2.13. The summed E-state index contributed by atoms with van der Waals surface area (Å²) in [4.78, 5) is 10.8. The Labute approximate surface area is 110 Å². The summed E-state index contributed by atoms with van der Waals surface area (Å²) in [5, 5.41) is 9.48. The second kappa shape index (κ2) is 5.21. The van der Waals surface area contributed by atoms with E-state index < -0.39 is 12.0 Å². The summed E-state index contributed by atoms with van der Waals surface area (Å²) in [5.74, 6) is -1.04. The zero-order valence-corrected chi connectivity index (χ0v) is 10.3. The fourth-order valence-corrected chi connectivity index (χ4v) is 1.88. The molecule has 0 saturated carbocycles. The molecule has 2 aromatic carbocycles. The summed E-state index contributed by atoms with van der Waals surface area (Å²) in [6, 6.07) is 13.6. The first-order valence-corrected chi connectivity index (χ1v) is 5.80. The van der Waals surface area contributed by atoms with E-state index in [4.69, 9.17) is 22.4 Å². The average Bonchev–Trinajstić information content (AvgIpc) is 2.38. The minimum Gasteiger partial charge on any atom is -0.480 e. The van der Waals surface area contributed by atoms with Crippen LogP contribution in [0.15, 0.2) is 48.5 Å². The molecule has 92 valence electrons. The van der Waals surface area contributed by atoms with Gasteiger partial charge >= 0.3 is 5.97 Å². The molecule has 3 nitrogen and oxygen atoms in total. The molecule has 0 aliphatic heterocycles. The number of nitrogens with two attached hydrogens (primary N) is 1. The van der Waals surface area contributed by atoms with Crippen molar-refractivity contribution in [2.24, 2.45) is 5.73 Å². The van der Waals surface area contributed by atoms with Crippen molar-refractivity contribution in [2.45, 2.75) is 6.04 Å². The minimum absolute atomic E-state index is 0.577. The van der Waals surface area contributed by atoms with Gasteiger partial charge in [0.25, 0.3) is 0 Å². The highest BCUT2D eigenvalue weighted by molar-refractivity contribution is 6.30. The van der Waals surface area contributed by atoms with Crippen LogP contribution in [0, 0.1) is 0 Å². The van der Waals surface area contributed by atoms with Crippen LogP contribution in [-0.2, 0) is 4.79 Å². The summed E-state index contributed by atoms with van der Waals surface area (Å²) in [6.45, 7) is 0. The van der Waals surface area contributed by atoms with Gasteiger partial charge in [0.2, 0.25) is 0 Å². The van der Waals surface area contributed by atoms with Crippen LogP contribution in [0.5, 0.6) is 0 Å². The molecule has 0 saturated heterocycles. The molecular formula is C14H12ClNO2. The van der Waals surface area contributed by atoms with Gasteiger partial charge in [-0.1, -0.05) is 48.0 Å². The summed E-state index contributed by atoms with van der Waals surface area (Å²) >= 11 is 5.92. The standard InChI is InChI=1S/C14H12ClNO2/c15-12-3-1-2-11(8-12)9-4-6-10(7-5-9)13(16)14(17)18/h1-8,13H,16H2,(H,17,18)/t13-/m0/s1. The lowest BCUT2D eigenvalue weighted by molar-refractivity contribution is -0.138. The van der Waals surface area contributed by atoms with Crippen molar-refractivity contribution in [3.63, 3.8) is 0 Å². The first-order chi connectivity index (χ1) is 8.58. The summed E-state index contributed by atoms with van der Waals surface area (Å²) in [5.41, 5.74) is 8.06. The van der Waals surface area contributed by atoms with Crippen molar-refractivity contribution < 1.29 is 9.90 Å². The molecule has 0 heterocycles. The number of rotatable bonds is 3. The molecule has 2 rings (SSSR count). The SMILES string of the molecule is N[C@H](C(=O)O)c1ccc(-c2cccc(Cl)c2)cc1. The Morgan fingerprint density at radius 3 is 2.33 bits per heavy atom. The van der Waals surface area contributed by atoms with Gasteiger partial charge in [-0.05, 0) is 28.8 Å².